The molecule has 0 atom stereocenters. The van der Waals surface area contributed by atoms with Crippen molar-refractivity contribution < 1.29 is 18.9 Å². The lowest BCUT2D eigenvalue weighted by Crippen LogP contribution is -2.42. The number of aryl methyl sites for hydroxylation is 2. The lowest BCUT2D eigenvalue weighted by molar-refractivity contribution is -0.384. The van der Waals surface area contributed by atoms with Crippen molar-refractivity contribution in [2.24, 2.45) is 0 Å². The van der Waals surface area contributed by atoms with Crippen LogP contribution in [0.3, 0.4) is 0 Å². The number of rotatable bonds is 4. The third-order valence-corrected chi connectivity index (χ3v) is 3.97. The van der Waals surface area contributed by atoms with Crippen LogP contribution in [0, 0.1) is 30.9 Å². The molecule has 0 fully saturated rings. The Balaban J connectivity index is 1.75. The van der Waals surface area contributed by atoms with Gasteiger partial charge in [-0.05, 0) is 32.9 Å². The molecule has 2 aromatic heterocycles. The van der Waals surface area contributed by atoms with E-state index < -0.39 is 16.7 Å². The van der Waals surface area contributed by atoms with Gasteiger partial charge in [0.15, 0.2) is 5.69 Å². The standard InChI is InChI=1S/C17H16N6O5/c1-9-7-14(11(3)28-9)16(24)19-20-17(25)15-10(2)22(21-18-15)12-5-4-6-13(8-12)23(26)27/h4-8H,1-3H3,(H,19,24)(H,20,25). The van der Waals surface area contributed by atoms with Gasteiger partial charge in [0, 0.05) is 12.1 Å². The highest BCUT2D eigenvalue weighted by Gasteiger charge is 2.20. The van der Waals surface area contributed by atoms with Gasteiger partial charge in [-0.3, -0.25) is 30.6 Å². The number of benzene rings is 1. The summed E-state index contributed by atoms with van der Waals surface area (Å²) >= 11 is 0. The second-order valence-electron chi connectivity index (χ2n) is 5.95. The van der Waals surface area contributed by atoms with Gasteiger partial charge in [-0.25, -0.2) is 4.68 Å². The van der Waals surface area contributed by atoms with E-state index in [1.54, 1.807) is 32.9 Å². The van der Waals surface area contributed by atoms with Crippen LogP contribution in [0.25, 0.3) is 5.69 Å². The molecule has 0 aliphatic carbocycles. The van der Waals surface area contributed by atoms with Crippen molar-refractivity contribution >= 4 is 17.5 Å². The number of hydrogen-bond acceptors (Lipinski definition) is 7. The molecule has 0 aliphatic rings. The van der Waals surface area contributed by atoms with Gasteiger partial charge >= 0.3 is 0 Å². The van der Waals surface area contributed by atoms with Crippen LogP contribution in [0.4, 0.5) is 5.69 Å². The van der Waals surface area contributed by atoms with Gasteiger partial charge in [-0.15, -0.1) is 5.10 Å². The van der Waals surface area contributed by atoms with Crippen LogP contribution in [0.1, 0.15) is 38.1 Å². The molecule has 3 aromatic rings. The van der Waals surface area contributed by atoms with Crippen molar-refractivity contribution in [1.82, 2.24) is 25.8 Å². The van der Waals surface area contributed by atoms with Crippen LogP contribution in [0.5, 0.6) is 0 Å². The first-order valence-corrected chi connectivity index (χ1v) is 8.12. The minimum atomic E-state index is -0.680. The van der Waals surface area contributed by atoms with Crippen molar-refractivity contribution in [2.75, 3.05) is 0 Å². The molecule has 0 radical (unpaired) electrons. The molecule has 144 valence electrons. The molecule has 11 heteroatoms. The van der Waals surface area contributed by atoms with Crippen LogP contribution in [-0.2, 0) is 0 Å². The van der Waals surface area contributed by atoms with E-state index in [4.69, 9.17) is 4.42 Å². The number of nitrogens with zero attached hydrogens (tertiary/aromatic N) is 4. The first-order valence-electron chi connectivity index (χ1n) is 8.12. The summed E-state index contributed by atoms with van der Waals surface area (Å²) in [6.07, 6.45) is 0. The summed E-state index contributed by atoms with van der Waals surface area (Å²) < 4.78 is 6.58. The minimum absolute atomic E-state index is 0.0353. The van der Waals surface area contributed by atoms with Gasteiger partial charge in [-0.1, -0.05) is 11.3 Å². The summed E-state index contributed by atoms with van der Waals surface area (Å²) in [4.78, 5) is 34.9. The number of nitro benzene ring substituents is 1. The third kappa shape index (κ3) is 3.58. The predicted molar refractivity (Wildman–Crippen MR) is 95.9 cm³/mol. The molecule has 0 unspecified atom stereocenters. The van der Waals surface area contributed by atoms with Crippen molar-refractivity contribution in [1.29, 1.82) is 0 Å². The van der Waals surface area contributed by atoms with E-state index >= 15 is 0 Å². The summed E-state index contributed by atoms with van der Waals surface area (Å²) in [5.74, 6) is -0.214. The molecular formula is C17H16N6O5. The average molecular weight is 384 g/mol. The van der Waals surface area contributed by atoms with E-state index in [-0.39, 0.29) is 11.4 Å². The van der Waals surface area contributed by atoms with Gasteiger partial charge in [0.2, 0.25) is 0 Å². The first kappa shape index (κ1) is 18.8. The maximum atomic E-state index is 12.3. The lowest BCUT2D eigenvalue weighted by Gasteiger charge is -2.06. The maximum Gasteiger partial charge on any atom is 0.292 e. The summed E-state index contributed by atoms with van der Waals surface area (Å²) in [6.45, 7) is 4.93. The van der Waals surface area contributed by atoms with Crippen LogP contribution < -0.4 is 10.9 Å². The van der Waals surface area contributed by atoms with Crippen molar-refractivity contribution in [3.63, 3.8) is 0 Å². The van der Waals surface area contributed by atoms with Crippen LogP contribution in [-0.4, -0.2) is 31.7 Å². The number of carbonyl (C=O) groups excluding carboxylic acids is 2. The Morgan fingerprint density at radius 3 is 2.50 bits per heavy atom. The number of hydrazine groups is 1. The van der Waals surface area contributed by atoms with Gasteiger partial charge in [-0.2, -0.15) is 0 Å². The molecule has 1 aromatic carbocycles. The third-order valence-electron chi connectivity index (χ3n) is 3.97. The molecule has 28 heavy (non-hydrogen) atoms. The van der Waals surface area contributed by atoms with Crippen molar-refractivity contribution in [3.05, 3.63) is 68.9 Å². The van der Waals surface area contributed by atoms with Crippen molar-refractivity contribution in [3.8, 4) is 5.69 Å². The highest BCUT2D eigenvalue weighted by Crippen LogP contribution is 2.18. The Labute approximate surface area is 158 Å². The summed E-state index contributed by atoms with van der Waals surface area (Å²) in [5.41, 5.74) is 5.43. The number of carbonyl (C=O) groups is 2. The Kier molecular flexibility index (Phi) is 4.90. The highest BCUT2D eigenvalue weighted by atomic mass is 16.6. The molecule has 11 nitrogen and oxygen atoms in total. The molecule has 0 saturated heterocycles. The molecule has 2 amide bonds. The van der Waals surface area contributed by atoms with E-state index in [1.807, 2.05) is 0 Å². The number of furan rings is 1. The number of aromatic nitrogens is 3. The monoisotopic (exact) mass is 384 g/mol. The van der Waals surface area contributed by atoms with Gasteiger partial charge in [0.25, 0.3) is 17.5 Å². The Morgan fingerprint density at radius 2 is 1.86 bits per heavy atom. The molecule has 3 rings (SSSR count). The second kappa shape index (κ2) is 7.31. The van der Waals surface area contributed by atoms with E-state index in [0.717, 1.165) is 0 Å². The number of amides is 2. The first-order chi connectivity index (χ1) is 13.3. The summed E-state index contributed by atoms with van der Waals surface area (Å²) in [5, 5.41) is 18.6. The Morgan fingerprint density at radius 1 is 1.14 bits per heavy atom. The van der Waals surface area contributed by atoms with Gasteiger partial charge in [0.05, 0.1) is 21.9 Å². The van der Waals surface area contributed by atoms with Crippen LogP contribution in [0.2, 0.25) is 0 Å². The van der Waals surface area contributed by atoms with E-state index in [0.29, 0.717) is 28.5 Å². The quantitative estimate of drug-likeness (QED) is 0.515. The van der Waals surface area contributed by atoms with Crippen LogP contribution in [0.15, 0.2) is 34.7 Å². The number of hydrogen-bond donors (Lipinski definition) is 2. The van der Waals surface area contributed by atoms with E-state index in [9.17, 15) is 19.7 Å². The number of nitrogens with one attached hydrogen (secondary N) is 2. The zero-order chi connectivity index (χ0) is 20.4. The normalized spacial score (nSPS) is 10.5. The molecule has 0 bridgehead atoms. The topological polar surface area (TPSA) is 145 Å². The fourth-order valence-electron chi connectivity index (χ4n) is 2.62. The summed E-state index contributed by atoms with van der Waals surface area (Å²) in [7, 11) is 0. The highest BCUT2D eigenvalue weighted by molar-refractivity contribution is 5.99. The molecule has 0 aliphatic heterocycles. The fourth-order valence-corrected chi connectivity index (χ4v) is 2.62. The SMILES string of the molecule is Cc1cc(C(=O)NNC(=O)c2nnn(-c3cccc([N+](=O)[O-])c3)c2C)c(C)o1. The zero-order valence-electron chi connectivity index (χ0n) is 15.2. The van der Waals surface area contributed by atoms with E-state index in [1.165, 1.54) is 22.9 Å². The second-order valence-corrected chi connectivity index (χ2v) is 5.95. The Hall–Kier alpha value is -4.02. The largest absolute Gasteiger partial charge is 0.466 e. The molecule has 2 heterocycles. The van der Waals surface area contributed by atoms with Crippen LogP contribution >= 0.6 is 0 Å². The zero-order valence-corrected chi connectivity index (χ0v) is 15.2. The minimum Gasteiger partial charge on any atom is -0.466 e. The van der Waals surface area contributed by atoms with E-state index in [2.05, 4.69) is 21.2 Å². The maximum absolute atomic E-state index is 12.3. The molecule has 2 N–H and O–H groups in total. The Bertz CT molecular complexity index is 1080. The fraction of sp³-hybridized carbons (Fsp3) is 0.176. The molecular weight excluding hydrogens is 368 g/mol. The lowest BCUT2D eigenvalue weighted by atomic mass is 10.2. The number of non-ortho nitro benzene ring substituents is 1. The van der Waals surface area contributed by atoms with Gasteiger partial charge in [0.1, 0.15) is 11.5 Å². The molecule has 0 saturated carbocycles. The number of nitro groups is 1. The smallest absolute Gasteiger partial charge is 0.292 e. The average Bonchev–Trinajstić information content (AvgIpc) is 3.21. The van der Waals surface area contributed by atoms with Crippen molar-refractivity contribution in [2.45, 2.75) is 20.8 Å². The predicted octanol–water partition coefficient (Wildman–Crippen LogP) is 1.77. The molecule has 0 spiro atoms. The van der Waals surface area contributed by atoms with Gasteiger partial charge < -0.3 is 4.42 Å². The summed E-state index contributed by atoms with van der Waals surface area (Å²) in [6, 6.07) is 7.32.